The summed E-state index contributed by atoms with van der Waals surface area (Å²) in [5.74, 6) is 0.635. The summed E-state index contributed by atoms with van der Waals surface area (Å²) in [5.41, 5.74) is 3.08. The van der Waals surface area contributed by atoms with Gasteiger partial charge in [0.05, 0.1) is 24.5 Å². The monoisotopic (exact) mass is 281 g/mol. The van der Waals surface area contributed by atoms with Crippen LogP contribution in [0.4, 0.5) is 5.69 Å². The van der Waals surface area contributed by atoms with Crippen molar-refractivity contribution < 1.29 is 9.53 Å². The third kappa shape index (κ3) is 2.45. The Morgan fingerprint density at radius 3 is 2.90 bits per heavy atom. The fraction of sp³-hybridized carbons (Fsp3) is 0.125. The van der Waals surface area contributed by atoms with Crippen LogP contribution in [0.1, 0.15) is 10.4 Å². The molecule has 0 bridgehead atoms. The number of imidazole rings is 1. The number of aromatic amines is 1. The van der Waals surface area contributed by atoms with Gasteiger partial charge in [-0.15, -0.1) is 0 Å². The molecular formula is C16H15N3O2. The number of fused-ring (bicyclic) bond motifs is 1. The van der Waals surface area contributed by atoms with Crippen LogP contribution in [-0.2, 0) is 0 Å². The molecule has 0 atom stereocenters. The molecule has 0 aliphatic carbocycles. The summed E-state index contributed by atoms with van der Waals surface area (Å²) >= 11 is 0. The van der Waals surface area contributed by atoms with E-state index in [9.17, 15) is 4.79 Å². The molecule has 3 aromatic rings. The van der Waals surface area contributed by atoms with Crippen LogP contribution in [-0.4, -0.2) is 30.0 Å². The van der Waals surface area contributed by atoms with E-state index in [1.165, 1.54) is 0 Å². The molecule has 0 aliphatic heterocycles. The van der Waals surface area contributed by atoms with E-state index in [0.717, 1.165) is 22.5 Å². The van der Waals surface area contributed by atoms with E-state index in [0.29, 0.717) is 5.56 Å². The Balaban J connectivity index is 1.92. The van der Waals surface area contributed by atoms with Gasteiger partial charge in [0.2, 0.25) is 0 Å². The number of amides is 1. The van der Waals surface area contributed by atoms with Crippen molar-refractivity contribution in [1.82, 2.24) is 9.97 Å². The topological polar surface area (TPSA) is 58.2 Å². The molecule has 2 aromatic carbocycles. The number of H-pyrrole nitrogens is 1. The van der Waals surface area contributed by atoms with E-state index in [1.54, 1.807) is 37.5 Å². The Labute approximate surface area is 122 Å². The van der Waals surface area contributed by atoms with Crippen molar-refractivity contribution in [2.24, 2.45) is 0 Å². The third-order valence-electron chi connectivity index (χ3n) is 3.41. The first-order valence-electron chi connectivity index (χ1n) is 6.54. The first-order valence-corrected chi connectivity index (χ1v) is 6.54. The second-order valence-electron chi connectivity index (χ2n) is 4.70. The molecule has 21 heavy (non-hydrogen) atoms. The van der Waals surface area contributed by atoms with E-state index >= 15 is 0 Å². The van der Waals surface area contributed by atoms with Gasteiger partial charge in [0.15, 0.2) is 0 Å². The Hall–Kier alpha value is -2.82. The molecule has 3 rings (SSSR count). The number of hydrogen-bond acceptors (Lipinski definition) is 3. The minimum atomic E-state index is -0.0836. The summed E-state index contributed by atoms with van der Waals surface area (Å²) in [6, 6.07) is 12.8. The quantitative estimate of drug-likeness (QED) is 0.803. The number of aromatic nitrogens is 2. The lowest BCUT2D eigenvalue weighted by Crippen LogP contribution is -2.26. The van der Waals surface area contributed by atoms with E-state index < -0.39 is 0 Å². The average Bonchev–Trinajstić information content (AvgIpc) is 3.01. The third-order valence-corrected chi connectivity index (χ3v) is 3.41. The highest BCUT2D eigenvalue weighted by Crippen LogP contribution is 2.22. The smallest absolute Gasteiger partial charge is 0.258 e. The lowest BCUT2D eigenvalue weighted by molar-refractivity contribution is 0.0993. The summed E-state index contributed by atoms with van der Waals surface area (Å²) in [5, 5.41) is 0. The summed E-state index contributed by atoms with van der Waals surface area (Å²) in [6.07, 6.45) is 1.62. The molecule has 0 fully saturated rings. The number of anilines is 1. The second-order valence-corrected chi connectivity index (χ2v) is 4.70. The van der Waals surface area contributed by atoms with Crippen molar-refractivity contribution in [3.05, 3.63) is 54.4 Å². The number of carbonyl (C=O) groups excluding carboxylic acids is 1. The van der Waals surface area contributed by atoms with Gasteiger partial charge in [0.1, 0.15) is 5.75 Å². The van der Waals surface area contributed by atoms with Crippen molar-refractivity contribution in [2.75, 3.05) is 19.1 Å². The molecule has 1 aromatic heterocycles. The highest BCUT2D eigenvalue weighted by molar-refractivity contribution is 6.07. The van der Waals surface area contributed by atoms with Gasteiger partial charge in [-0.2, -0.15) is 0 Å². The molecule has 0 unspecified atom stereocenters. The summed E-state index contributed by atoms with van der Waals surface area (Å²) in [6.45, 7) is 0. The van der Waals surface area contributed by atoms with Gasteiger partial charge >= 0.3 is 0 Å². The minimum absolute atomic E-state index is 0.0836. The predicted octanol–water partition coefficient (Wildman–Crippen LogP) is 2.85. The lowest BCUT2D eigenvalue weighted by atomic mass is 10.1. The number of nitrogens with zero attached hydrogens (tertiary/aromatic N) is 2. The lowest BCUT2D eigenvalue weighted by Gasteiger charge is -2.18. The number of benzene rings is 2. The fourth-order valence-corrected chi connectivity index (χ4v) is 2.20. The molecule has 0 radical (unpaired) electrons. The van der Waals surface area contributed by atoms with E-state index in [-0.39, 0.29) is 5.91 Å². The molecule has 0 aliphatic rings. The molecular weight excluding hydrogens is 266 g/mol. The normalized spacial score (nSPS) is 10.6. The van der Waals surface area contributed by atoms with Gasteiger partial charge in [-0.3, -0.25) is 4.79 Å². The summed E-state index contributed by atoms with van der Waals surface area (Å²) in [4.78, 5) is 21.3. The summed E-state index contributed by atoms with van der Waals surface area (Å²) < 4.78 is 5.19. The van der Waals surface area contributed by atoms with Gasteiger partial charge < -0.3 is 14.6 Å². The maximum atomic E-state index is 12.6. The Kier molecular flexibility index (Phi) is 3.31. The van der Waals surface area contributed by atoms with Crippen LogP contribution in [0.25, 0.3) is 11.0 Å². The number of hydrogen-bond donors (Lipinski definition) is 1. The van der Waals surface area contributed by atoms with Crippen LogP contribution in [0.5, 0.6) is 5.75 Å². The summed E-state index contributed by atoms with van der Waals surface area (Å²) in [7, 11) is 3.35. The van der Waals surface area contributed by atoms with E-state index in [1.807, 2.05) is 30.3 Å². The Morgan fingerprint density at radius 2 is 2.10 bits per heavy atom. The van der Waals surface area contributed by atoms with Crippen LogP contribution in [0.2, 0.25) is 0 Å². The predicted molar refractivity (Wildman–Crippen MR) is 81.8 cm³/mol. The van der Waals surface area contributed by atoms with Gasteiger partial charge in [-0.25, -0.2) is 4.98 Å². The van der Waals surface area contributed by atoms with Gasteiger partial charge in [0, 0.05) is 24.4 Å². The van der Waals surface area contributed by atoms with Gasteiger partial charge in [-0.1, -0.05) is 6.07 Å². The SMILES string of the molecule is COc1cccc(N(C)C(=O)c2ccc3nc[nH]c3c2)c1. The molecule has 1 amide bonds. The first kappa shape index (κ1) is 13.2. The Bertz CT molecular complexity index is 795. The zero-order valence-electron chi connectivity index (χ0n) is 11.8. The van der Waals surface area contributed by atoms with Crippen molar-refractivity contribution in [3.63, 3.8) is 0 Å². The molecule has 5 nitrogen and oxygen atoms in total. The molecule has 0 saturated heterocycles. The van der Waals surface area contributed by atoms with E-state index in [4.69, 9.17) is 4.74 Å². The number of ether oxygens (including phenoxy) is 1. The van der Waals surface area contributed by atoms with Gasteiger partial charge in [-0.05, 0) is 30.3 Å². The number of rotatable bonds is 3. The molecule has 5 heteroatoms. The number of carbonyl (C=O) groups is 1. The standard InChI is InChI=1S/C16H15N3O2/c1-19(12-4-3-5-13(9-12)21-2)16(20)11-6-7-14-15(8-11)18-10-17-14/h3-10H,1-2H3,(H,17,18). The van der Waals surface area contributed by atoms with Crippen molar-refractivity contribution in [1.29, 1.82) is 0 Å². The highest BCUT2D eigenvalue weighted by Gasteiger charge is 2.14. The zero-order chi connectivity index (χ0) is 14.8. The molecule has 0 spiro atoms. The average molecular weight is 281 g/mol. The largest absolute Gasteiger partial charge is 0.497 e. The Morgan fingerprint density at radius 1 is 1.24 bits per heavy atom. The van der Waals surface area contributed by atoms with Crippen molar-refractivity contribution in [2.45, 2.75) is 0 Å². The van der Waals surface area contributed by atoms with Crippen molar-refractivity contribution in [3.8, 4) is 5.75 Å². The highest BCUT2D eigenvalue weighted by atomic mass is 16.5. The fourth-order valence-electron chi connectivity index (χ4n) is 2.20. The van der Waals surface area contributed by atoms with Crippen LogP contribution in [0.15, 0.2) is 48.8 Å². The first-order chi connectivity index (χ1) is 10.2. The second kappa shape index (κ2) is 5.28. The minimum Gasteiger partial charge on any atom is -0.497 e. The molecule has 1 heterocycles. The molecule has 0 saturated carbocycles. The van der Waals surface area contributed by atoms with Crippen molar-refractivity contribution >= 4 is 22.6 Å². The van der Waals surface area contributed by atoms with Crippen LogP contribution in [0.3, 0.4) is 0 Å². The van der Waals surface area contributed by atoms with Crippen LogP contribution >= 0.6 is 0 Å². The maximum absolute atomic E-state index is 12.6. The number of methoxy groups -OCH3 is 1. The molecule has 106 valence electrons. The van der Waals surface area contributed by atoms with Crippen LogP contribution < -0.4 is 9.64 Å². The molecule has 1 N–H and O–H groups in total. The van der Waals surface area contributed by atoms with Gasteiger partial charge in [0.25, 0.3) is 5.91 Å². The zero-order valence-corrected chi connectivity index (χ0v) is 11.8. The maximum Gasteiger partial charge on any atom is 0.258 e. The van der Waals surface area contributed by atoms with E-state index in [2.05, 4.69) is 9.97 Å². The van der Waals surface area contributed by atoms with Crippen LogP contribution in [0, 0.1) is 0 Å². The number of nitrogens with one attached hydrogen (secondary N) is 1.